The van der Waals surface area contributed by atoms with E-state index in [1.165, 1.54) is 5.56 Å². The summed E-state index contributed by atoms with van der Waals surface area (Å²) in [7, 11) is 4.06. The second-order valence-electron chi connectivity index (χ2n) is 5.79. The van der Waals surface area contributed by atoms with Gasteiger partial charge in [0.2, 0.25) is 5.91 Å². The summed E-state index contributed by atoms with van der Waals surface area (Å²) in [5.74, 6) is 0.168. The van der Waals surface area contributed by atoms with E-state index in [0.29, 0.717) is 19.1 Å². The van der Waals surface area contributed by atoms with Gasteiger partial charge in [0.1, 0.15) is 0 Å². The van der Waals surface area contributed by atoms with Crippen molar-refractivity contribution < 1.29 is 4.79 Å². The van der Waals surface area contributed by atoms with Gasteiger partial charge in [-0.1, -0.05) is 37.3 Å². The number of nitrogens with one attached hydrogen (secondary N) is 1. The third-order valence-electron chi connectivity index (χ3n) is 3.60. The molecule has 0 heterocycles. The van der Waals surface area contributed by atoms with Crippen LogP contribution in [-0.4, -0.2) is 55.5 Å². The molecule has 0 radical (unpaired) electrons. The average Bonchev–Trinajstić information content (AvgIpc) is 2.49. The number of rotatable bonds is 9. The van der Waals surface area contributed by atoms with Crippen LogP contribution in [0.15, 0.2) is 30.3 Å². The van der Waals surface area contributed by atoms with E-state index in [4.69, 9.17) is 0 Å². The number of hydrogen-bond acceptors (Lipinski definition) is 3. The summed E-state index contributed by atoms with van der Waals surface area (Å²) in [5, 5.41) is 3.28. The van der Waals surface area contributed by atoms with Crippen LogP contribution in [0.3, 0.4) is 0 Å². The lowest BCUT2D eigenvalue weighted by atomic mass is 10.2. The van der Waals surface area contributed by atoms with E-state index in [2.05, 4.69) is 36.2 Å². The maximum Gasteiger partial charge on any atom is 0.236 e. The normalized spacial score (nSPS) is 12.4. The summed E-state index contributed by atoms with van der Waals surface area (Å²) in [5.41, 5.74) is 1.17. The molecule has 0 aliphatic heterocycles. The van der Waals surface area contributed by atoms with Gasteiger partial charge in [-0.15, -0.1) is 0 Å². The van der Waals surface area contributed by atoms with Crippen LogP contribution in [0.5, 0.6) is 0 Å². The average molecular weight is 291 g/mol. The predicted molar refractivity (Wildman–Crippen MR) is 88.2 cm³/mol. The first-order valence-corrected chi connectivity index (χ1v) is 7.72. The number of nitrogens with zero attached hydrogens (tertiary/aromatic N) is 2. The van der Waals surface area contributed by atoms with E-state index in [0.717, 1.165) is 19.5 Å². The number of carbonyl (C=O) groups excluding carboxylic acids is 1. The van der Waals surface area contributed by atoms with Gasteiger partial charge in [-0.2, -0.15) is 0 Å². The molecule has 1 aromatic carbocycles. The molecule has 0 saturated carbocycles. The molecule has 0 fully saturated rings. The summed E-state index contributed by atoms with van der Waals surface area (Å²) in [6.07, 6.45) is 1.03. The van der Waals surface area contributed by atoms with Crippen molar-refractivity contribution in [2.45, 2.75) is 32.9 Å². The molecule has 1 N–H and O–H groups in total. The quantitative estimate of drug-likeness (QED) is 0.755. The summed E-state index contributed by atoms with van der Waals surface area (Å²) >= 11 is 0. The highest BCUT2D eigenvalue weighted by atomic mass is 16.2. The van der Waals surface area contributed by atoms with Gasteiger partial charge in [0.05, 0.1) is 6.54 Å². The van der Waals surface area contributed by atoms with E-state index in [-0.39, 0.29) is 5.91 Å². The molecule has 0 aliphatic carbocycles. The van der Waals surface area contributed by atoms with Gasteiger partial charge in [0, 0.05) is 25.7 Å². The second kappa shape index (κ2) is 9.53. The molecule has 1 unspecified atom stereocenters. The zero-order valence-corrected chi connectivity index (χ0v) is 13.8. The van der Waals surface area contributed by atoms with E-state index in [1.54, 1.807) is 0 Å². The van der Waals surface area contributed by atoms with E-state index < -0.39 is 0 Å². The van der Waals surface area contributed by atoms with E-state index in [1.807, 2.05) is 37.2 Å². The number of hydrogen-bond donors (Lipinski definition) is 1. The number of amides is 1. The fraction of sp³-hybridized carbons (Fsp3) is 0.588. The minimum Gasteiger partial charge on any atom is -0.336 e. The van der Waals surface area contributed by atoms with Crippen molar-refractivity contribution in [1.82, 2.24) is 15.1 Å². The fourth-order valence-corrected chi connectivity index (χ4v) is 1.93. The number of benzene rings is 1. The molecular weight excluding hydrogens is 262 g/mol. The maximum atomic E-state index is 12.4. The first-order valence-electron chi connectivity index (χ1n) is 7.72. The minimum atomic E-state index is 0.168. The van der Waals surface area contributed by atoms with Crippen molar-refractivity contribution in [3.05, 3.63) is 35.9 Å². The molecule has 4 heteroatoms. The highest BCUT2D eigenvalue weighted by molar-refractivity contribution is 5.78. The first kappa shape index (κ1) is 17.7. The van der Waals surface area contributed by atoms with Gasteiger partial charge >= 0.3 is 0 Å². The maximum absolute atomic E-state index is 12.4. The molecule has 1 rings (SSSR count). The molecule has 0 aliphatic rings. The Hall–Kier alpha value is -1.39. The topological polar surface area (TPSA) is 35.6 Å². The third-order valence-corrected chi connectivity index (χ3v) is 3.60. The summed E-state index contributed by atoms with van der Waals surface area (Å²) in [6.45, 7) is 6.94. The monoisotopic (exact) mass is 291 g/mol. The van der Waals surface area contributed by atoms with Crippen molar-refractivity contribution in [1.29, 1.82) is 0 Å². The van der Waals surface area contributed by atoms with Gasteiger partial charge in [-0.25, -0.2) is 0 Å². The van der Waals surface area contributed by atoms with Gasteiger partial charge in [-0.3, -0.25) is 4.79 Å². The Bertz CT molecular complexity index is 406. The molecule has 4 nitrogen and oxygen atoms in total. The largest absolute Gasteiger partial charge is 0.336 e. The molecule has 0 saturated heterocycles. The van der Waals surface area contributed by atoms with Crippen molar-refractivity contribution >= 4 is 5.91 Å². The molecule has 0 spiro atoms. The predicted octanol–water partition coefficient (Wildman–Crippen LogP) is 1.96. The fourth-order valence-electron chi connectivity index (χ4n) is 1.93. The Kier molecular flexibility index (Phi) is 8.01. The van der Waals surface area contributed by atoms with Crippen molar-refractivity contribution in [2.75, 3.05) is 33.7 Å². The zero-order chi connectivity index (χ0) is 15.7. The molecular formula is C17H29N3O. The van der Waals surface area contributed by atoms with Crippen molar-refractivity contribution in [2.24, 2.45) is 0 Å². The SMILES string of the molecule is CCC(C)NCC(=O)N(CCN(C)C)Cc1ccccc1. The number of likely N-dealkylation sites (N-methyl/N-ethyl adjacent to an activating group) is 1. The van der Waals surface area contributed by atoms with Gasteiger partial charge in [0.25, 0.3) is 0 Å². The van der Waals surface area contributed by atoms with E-state index in [9.17, 15) is 4.79 Å². The Morgan fingerprint density at radius 1 is 1.19 bits per heavy atom. The first-order chi connectivity index (χ1) is 10.0. The van der Waals surface area contributed by atoms with Crippen LogP contribution in [0.1, 0.15) is 25.8 Å². The van der Waals surface area contributed by atoms with Gasteiger partial charge < -0.3 is 15.1 Å². The molecule has 21 heavy (non-hydrogen) atoms. The van der Waals surface area contributed by atoms with Crippen molar-refractivity contribution in [3.8, 4) is 0 Å². The summed E-state index contributed by atoms with van der Waals surface area (Å²) < 4.78 is 0. The Balaban J connectivity index is 2.60. The Labute approximate surface area is 129 Å². The Morgan fingerprint density at radius 3 is 2.43 bits per heavy atom. The highest BCUT2D eigenvalue weighted by Gasteiger charge is 2.14. The molecule has 1 atom stereocenters. The third kappa shape index (κ3) is 7.25. The lowest BCUT2D eigenvalue weighted by Crippen LogP contribution is -2.42. The standard InChI is InChI=1S/C17H29N3O/c1-5-15(2)18-13-17(21)20(12-11-19(3)4)14-16-9-7-6-8-10-16/h6-10,15,18H,5,11-14H2,1-4H3. The van der Waals surface area contributed by atoms with Crippen LogP contribution in [0, 0.1) is 0 Å². The molecule has 0 bridgehead atoms. The Morgan fingerprint density at radius 2 is 1.86 bits per heavy atom. The minimum absolute atomic E-state index is 0.168. The van der Waals surface area contributed by atoms with Crippen LogP contribution < -0.4 is 5.32 Å². The summed E-state index contributed by atoms with van der Waals surface area (Å²) in [6, 6.07) is 10.5. The molecule has 1 amide bonds. The van der Waals surface area contributed by atoms with Crippen LogP contribution in [0.2, 0.25) is 0 Å². The van der Waals surface area contributed by atoms with Crippen LogP contribution >= 0.6 is 0 Å². The molecule has 0 aromatic heterocycles. The zero-order valence-electron chi connectivity index (χ0n) is 13.8. The van der Waals surface area contributed by atoms with Crippen LogP contribution in [-0.2, 0) is 11.3 Å². The van der Waals surface area contributed by atoms with Gasteiger partial charge in [-0.05, 0) is 33.0 Å². The number of carbonyl (C=O) groups is 1. The summed E-state index contributed by atoms with van der Waals surface area (Å²) in [4.78, 5) is 16.5. The van der Waals surface area contributed by atoms with Crippen LogP contribution in [0.25, 0.3) is 0 Å². The van der Waals surface area contributed by atoms with Gasteiger partial charge in [0.15, 0.2) is 0 Å². The van der Waals surface area contributed by atoms with Crippen molar-refractivity contribution in [3.63, 3.8) is 0 Å². The lowest BCUT2D eigenvalue weighted by Gasteiger charge is -2.25. The van der Waals surface area contributed by atoms with E-state index >= 15 is 0 Å². The lowest BCUT2D eigenvalue weighted by molar-refractivity contribution is -0.131. The second-order valence-corrected chi connectivity index (χ2v) is 5.79. The highest BCUT2D eigenvalue weighted by Crippen LogP contribution is 2.05. The molecule has 118 valence electrons. The molecule has 1 aromatic rings. The smallest absolute Gasteiger partial charge is 0.236 e. The van der Waals surface area contributed by atoms with Crippen LogP contribution in [0.4, 0.5) is 0 Å².